The van der Waals surface area contributed by atoms with E-state index in [1.807, 2.05) is 11.8 Å². The third-order valence-electron chi connectivity index (χ3n) is 3.04. The van der Waals surface area contributed by atoms with Gasteiger partial charge in [-0.2, -0.15) is 0 Å². The maximum Gasteiger partial charge on any atom is 0.257 e. The Kier molecular flexibility index (Phi) is 7.13. The number of piperazine rings is 1. The molecule has 4 nitrogen and oxygen atoms in total. The van der Waals surface area contributed by atoms with E-state index in [1.54, 1.807) is 18.2 Å². The zero-order valence-corrected chi connectivity index (χ0v) is 13.1. The molecule has 0 unspecified atom stereocenters. The minimum Gasteiger partial charge on any atom is -0.493 e. The first-order chi connectivity index (χ1) is 9.22. The predicted octanol–water partition coefficient (Wildman–Crippen LogP) is 2.60. The normalized spacial score (nSPS) is 14.6. The molecule has 2 rings (SSSR count). The van der Waals surface area contributed by atoms with Crippen LogP contribution in [0.15, 0.2) is 18.2 Å². The molecule has 1 fully saturated rings. The van der Waals surface area contributed by atoms with E-state index in [4.69, 9.17) is 16.3 Å². The molecule has 0 radical (unpaired) electrons. The summed E-state index contributed by atoms with van der Waals surface area (Å²) in [7, 11) is 0. The van der Waals surface area contributed by atoms with E-state index in [1.165, 1.54) is 0 Å². The Hall–Kier alpha value is -0.970. The molecule has 1 aliphatic heterocycles. The van der Waals surface area contributed by atoms with E-state index < -0.39 is 0 Å². The third-order valence-corrected chi connectivity index (χ3v) is 3.27. The molecule has 20 heavy (non-hydrogen) atoms. The summed E-state index contributed by atoms with van der Waals surface area (Å²) in [4.78, 5) is 14.3. The first-order valence-electron chi connectivity index (χ1n) is 6.64. The first kappa shape index (κ1) is 17.1. The summed E-state index contributed by atoms with van der Waals surface area (Å²) in [6, 6.07) is 5.21. The molecule has 0 saturated carbocycles. The molecule has 0 aromatic heterocycles. The van der Waals surface area contributed by atoms with Crippen LogP contribution in [0.5, 0.6) is 5.75 Å². The molecule has 0 aliphatic carbocycles. The molecule has 1 aliphatic rings. The number of halogens is 2. The lowest BCUT2D eigenvalue weighted by molar-refractivity contribution is 0.0731. The van der Waals surface area contributed by atoms with Crippen molar-refractivity contribution in [1.29, 1.82) is 0 Å². The van der Waals surface area contributed by atoms with Crippen molar-refractivity contribution < 1.29 is 9.53 Å². The van der Waals surface area contributed by atoms with Crippen molar-refractivity contribution in [3.05, 3.63) is 28.8 Å². The van der Waals surface area contributed by atoms with Crippen molar-refractivity contribution in [2.24, 2.45) is 0 Å². The van der Waals surface area contributed by atoms with Crippen LogP contribution in [0.2, 0.25) is 5.02 Å². The molecule has 0 atom stereocenters. The van der Waals surface area contributed by atoms with Crippen molar-refractivity contribution in [3.8, 4) is 5.75 Å². The van der Waals surface area contributed by atoms with Gasteiger partial charge < -0.3 is 15.0 Å². The lowest BCUT2D eigenvalue weighted by Gasteiger charge is -2.28. The molecule has 1 aromatic carbocycles. The maximum atomic E-state index is 12.5. The maximum absolute atomic E-state index is 12.5. The largest absolute Gasteiger partial charge is 0.493 e. The van der Waals surface area contributed by atoms with Gasteiger partial charge >= 0.3 is 0 Å². The molecule has 112 valence electrons. The van der Waals surface area contributed by atoms with Crippen LogP contribution in [0.25, 0.3) is 0 Å². The van der Waals surface area contributed by atoms with Gasteiger partial charge in [0, 0.05) is 31.2 Å². The summed E-state index contributed by atoms with van der Waals surface area (Å²) in [6.07, 6.45) is 0.907. The van der Waals surface area contributed by atoms with E-state index in [-0.39, 0.29) is 18.3 Å². The van der Waals surface area contributed by atoms with E-state index in [0.29, 0.717) is 22.9 Å². The summed E-state index contributed by atoms with van der Waals surface area (Å²) in [5, 5.41) is 3.79. The first-order valence-corrected chi connectivity index (χ1v) is 7.02. The fraction of sp³-hybridized carbons (Fsp3) is 0.500. The van der Waals surface area contributed by atoms with E-state index >= 15 is 0 Å². The van der Waals surface area contributed by atoms with Gasteiger partial charge in [0.25, 0.3) is 5.91 Å². The topological polar surface area (TPSA) is 41.6 Å². The molecular weight excluding hydrogens is 299 g/mol. The summed E-state index contributed by atoms with van der Waals surface area (Å²) in [6.45, 7) is 5.74. The highest BCUT2D eigenvalue weighted by atomic mass is 35.5. The Morgan fingerprint density at radius 1 is 1.40 bits per heavy atom. The number of carbonyl (C=O) groups excluding carboxylic acids is 1. The van der Waals surface area contributed by atoms with Crippen LogP contribution in [0.1, 0.15) is 23.7 Å². The molecule has 6 heteroatoms. The number of amides is 1. The Labute approximate surface area is 130 Å². The van der Waals surface area contributed by atoms with Crippen LogP contribution in [-0.4, -0.2) is 43.6 Å². The number of ether oxygens (including phenoxy) is 1. The number of nitrogens with one attached hydrogen (secondary N) is 1. The van der Waals surface area contributed by atoms with Crippen LogP contribution in [0.4, 0.5) is 0 Å². The number of hydrogen-bond acceptors (Lipinski definition) is 3. The molecule has 1 heterocycles. The fourth-order valence-electron chi connectivity index (χ4n) is 2.05. The quantitative estimate of drug-likeness (QED) is 0.927. The number of carbonyl (C=O) groups is 1. The van der Waals surface area contributed by atoms with E-state index in [2.05, 4.69) is 5.32 Å². The van der Waals surface area contributed by atoms with Crippen molar-refractivity contribution >= 4 is 29.9 Å². The van der Waals surface area contributed by atoms with Gasteiger partial charge in [-0.25, -0.2) is 0 Å². The lowest BCUT2D eigenvalue weighted by Crippen LogP contribution is -2.46. The average Bonchev–Trinajstić information content (AvgIpc) is 2.46. The van der Waals surface area contributed by atoms with Crippen LogP contribution < -0.4 is 10.1 Å². The molecule has 1 N–H and O–H groups in total. The average molecular weight is 319 g/mol. The van der Waals surface area contributed by atoms with Gasteiger partial charge in [-0.1, -0.05) is 18.5 Å². The molecule has 1 aromatic rings. The van der Waals surface area contributed by atoms with Crippen molar-refractivity contribution in [3.63, 3.8) is 0 Å². The number of rotatable bonds is 4. The summed E-state index contributed by atoms with van der Waals surface area (Å²) in [5.74, 6) is 0.616. The van der Waals surface area contributed by atoms with Gasteiger partial charge in [-0.3, -0.25) is 4.79 Å². The van der Waals surface area contributed by atoms with Crippen molar-refractivity contribution in [2.75, 3.05) is 32.8 Å². The predicted molar refractivity (Wildman–Crippen MR) is 83.3 cm³/mol. The Bertz CT molecular complexity index is 449. The van der Waals surface area contributed by atoms with Gasteiger partial charge in [-0.15, -0.1) is 12.4 Å². The van der Waals surface area contributed by atoms with Gasteiger partial charge in [0.15, 0.2) is 0 Å². The van der Waals surface area contributed by atoms with E-state index in [0.717, 1.165) is 32.6 Å². The highest BCUT2D eigenvalue weighted by molar-refractivity contribution is 6.31. The van der Waals surface area contributed by atoms with Crippen LogP contribution in [0, 0.1) is 0 Å². The van der Waals surface area contributed by atoms with E-state index in [9.17, 15) is 4.79 Å². The second-order valence-corrected chi connectivity index (χ2v) is 4.97. The summed E-state index contributed by atoms with van der Waals surface area (Å²) < 4.78 is 5.63. The van der Waals surface area contributed by atoms with Crippen molar-refractivity contribution in [1.82, 2.24) is 10.2 Å². The standard InChI is InChI=1S/C14H19ClN2O2.ClH/c1-2-9-19-13-4-3-11(15)10-12(13)14(18)17-7-5-16-6-8-17;/h3-4,10,16H,2,5-9H2,1H3;1H. The minimum absolute atomic E-state index is 0. The van der Waals surface area contributed by atoms with Crippen LogP contribution in [-0.2, 0) is 0 Å². The smallest absolute Gasteiger partial charge is 0.257 e. The second kappa shape index (κ2) is 8.35. The van der Waals surface area contributed by atoms with Gasteiger partial charge in [-0.05, 0) is 24.6 Å². The molecule has 1 saturated heterocycles. The van der Waals surface area contributed by atoms with Crippen LogP contribution in [0.3, 0.4) is 0 Å². The summed E-state index contributed by atoms with van der Waals surface area (Å²) in [5.41, 5.74) is 0.558. The number of hydrogen-bond donors (Lipinski definition) is 1. The Morgan fingerprint density at radius 2 is 2.10 bits per heavy atom. The van der Waals surface area contributed by atoms with Gasteiger partial charge in [0.2, 0.25) is 0 Å². The van der Waals surface area contributed by atoms with Crippen molar-refractivity contribution in [2.45, 2.75) is 13.3 Å². The monoisotopic (exact) mass is 318 g/mol. The zero-order chi connectivity index (χ0) is 13.7. The minimum atomic E-state index is -0.00453. The Morgan fingerprint density at radius 3 is 2.75 bits per heavy atom. The second-order valence-electron chi connectivity index (χ2n) is 4.53. The fourth-order valence-corrected chi connectivity index (χ4v) is 2.22. The molecule has 0 bridgehead atoms. The van der Waals surface area contributed by atoms with Gasteiger partial charge in [0.05, 0.1) is 12.2 Å². The molecular formula is C14H20Cl2N2O2. The summed E-state index contributed by atoms with van der Waals surface area (Å²) >= 11 is 6.00. The lowest BCUT2D eigenvalue weighted by atomic mass is 10.1. The third kappa shape index (κ3) is 4.27. The highest BCUT2D eigenvalue weighted by Gasteiger charge is 2.21. The van der Waals surface area contributed by atoms with Crippen LogP contribution >= 0.6 is 24.0 Å². The SMILES string of the molecule is CCCOc1ccc(Cl)cc1C(=O)N1CCNCC1.Cl. The zero-order valence-electron chi connectivity index (χ0n) is 11.5. The number of benzene rings is 1. The molecule has 0 spiro atoms. The highest BCUT2D eigenvalue weighted by Crippen LogP contribution is 2.24. The van der Waals surface area contributed by atoms with Gasteiger partial charge in [0.1, 0.15) is 5.75 Å². The Balaban J connectivity index is 0.00000200. The molecule has 1 amide bonds. The number of nitrogens with zero attached hydrogens (tertiary/aromatic N) is 1.